The molecule has 0 saturated heterocycles. The molecule has 0 aliphatic carbocycles. The maximum absolute atomic E-state index is 10.3. The molecule has 3 heteroatoms. The number of hydrogen-bond donors (Lipinski definition) is 1. The van der Waals surface area contributed by atoms with Crippen LogP contribution >= 0.6 is 27.3 Å². The molecule has 1 N–H and O–H groups in total. The highest BCUT2D eigenvalue weighted by atomic mass is 79.9. The SMILES string of the molecule is CCc1ccc(CC(O)c2ccc(C)c(Br)c2)s1. The fraction of sp³-hybridized carbons (Fsp3) is 0.333. The Balaban J connectivity index is 2.11. The smallest absolute Gasteiger partial charge is 0.0838 e. The van der Waals surface area contributed by atoms with Gasteiger partial charge in [-0.15, -0.1) is 11.3 Å². The molecule has 1 aromatic heterocycles. The molecule has 18 heavy (non-hydrogen) atoms. The van der Waals surface area contributed by atoms with Crippen molar-refractivity contribution >= 4 is 27.3 Å². The number of hydrogen-bond acceptors (Lipinski definition) is 2. The minimum absolute atomic E-state index is 0.426. The van der Waals surface area contributed by atoms with Crippen LogP contribution in [0.5, 0.6) is 0 Å². The highest BCUT2D eigenvalue weighted by Gasteiger charge is 2.11. The Morgan fingerprint density at radius 1 is 1.22 bits per heavy atom. The van der Waals surface area contributed by atoms with Gasteiger partial charge < -0.3 is 5.11 Å². The van der Waals surface area contributed by atoms with Crippen molar-refractivity contribution in [2.75, 3.05) is 0 Å². The fourth-order valence-corrected chi connectivity index (χ4v) is 3.24. The molecule has 0 bridgehead atoms. The summed E-state index contributed by atoms with van der Waals surface area (Å²) < 4.78 is 1.06. The molecule has 2 rings (SSSR count). The zero-order chi connectivity index (χ0) is 13.1. The van der Waals surface area contributed by atoms with E-state index in [-0.39, 0.29) is 0 Å². The minimum Gasteiger partial charge on any atom is -0.388 e. The summed E-state index contributed by atoms with van der Waals surface area (Å²) in [7, 11) is 0. The first kappa shape index (κ1) is 13.8. The molecule has 2 aromatic rings. The van der Waals surface area contributed by atoms with Gasteiger partial charge >= 0.3 is 0 Å². The molecule has 0 fully saturated rings. The first-order chi connectivity index (χ1) is 8.60. The molecule has 0 aliphatic heterocycles. The number of rotatable bonds is 4. The van der Waals surface area contributed by atoms with Crippen LogP contribution in [0.25, 0.3) is 0 Å². The maximum atomic E-state index is 10.3. The van der Waals surface area contributed by atoms with E-state index < -0.39 is 6.10 Å². The van der Waals surface area contributed by atoms with Crippen LogP contribution in [0.4, 0.5) is 0 Å². The van der Waals surface area contributed by atoms with E-state index in [0.717, 1.165) is 16.5 Å². The van der Waals surface area contributed by atoms with Crippen molar-refractivity contribution < 1.29 is 5.11 Å². The molecule has 1 aromatic carbocycles. The molecule has 0 spiro atoms. The highest BCUT2D eigenvalue weighted by molar-refractivity contribution is 9.10. The van der Waals surface area contributed by atoms with Crippen LogP contribution in [0.3, 0.4) is 0 Å². The summed E-state index contributed by atoms with van der Waals surface area (Å²) in [4.78, 5) is 2.62. The van der Waals surface area contributed by atoms with E-state index in [4.69, 9.17) is 0 Å². The Kier molecular flexibility index (Phi) is 4.60. The number of aliphatic hydroxyl groups excluding tert-OH is 1. The zero-order valence-corrected chi connectivity index (χ0v) is 13.0. The topological polar surface area (TPSA) is 20.2 Å². The van der Waals surface area contributed by atoms with E-state index in [1.165, 1.54) is 15.3 Å². The molecule has 1 heterocycles. The minimum atomic E-state index is -0.426. The summed E-state index contributed by atoms with van der Waals surface area (Å²) >= 11 is 5.30. The second-order valence-corrected chi connectivity index (χ2v) is 6.56. The average Bonchev–Trinajstić information content (AvgIpc) is 2.80. The standard InChI is InChI=1S/C15H17BrOS/c1-3-12-6-7-13(18-12)9-15(17)11-5-4-10(2)14(16)8-11/h4-8,15,17H,3,9H2,1-2H3. The average molecular weight is 325 g/mol. The van der Waals surface area contributed by atoms with Crippen molar-refractivity contribution in [2.24, 2.45) is 0 Å². The lowest BCUT2D eigenvalue weighted by Crippen LogP contribution is -2.00. The van der Waals surface area contributed by atoms with Crippen molar-refractivity contribution in [1.29, 1.82) is 0 Å². The Bertz CT molecular complexity index is 533. The molecule has 1 atom stereocenters. The zero-order valence-electron chi connectivity index (χ0n) is 10.6. The second-order valence-electron chi connectivity index (χ2n) is 4.45. The lowest BCUT2D eigenvalue weighted by molar-refractivity contribution is 0.179. The van der Waals surface area contributed by atoms with Gasteiger partial charge in [0.25, 0.3) is 0 Å². The van der Waals surface area contributed by atoms with Gasteiger partial charge in [-0.2, -0.15) is 0 Å². The van der Waals surface area contributed by atoms with E-state index in [1.54, 1.807) is 11.3 Å². The number of aliphatic hydroxyl groups is 1. The van der Waals surface area contributed by atoms with Crippen molar-refractivity contribution in [1.82, 2.24) is 0 Å². The number of aryl methyl sites for hydroxylation is 2. The first-order valence-corrected chi connectivity index (χ1v) is 7.72. The van der Waals surface area contributed by atoms with Gasteiger partial charge in [-0.1, -0.05) is 35.0 Å². The van der Waals surface area contributed by atoms with Gasteiger partial charge in [-0.3, -0.25) is 0 Å². The van der Waals surface area contributed by atoms with E-state index in [1.807, 2.05) is 25.1 Å². The predicted molar refractivity (Wildman–Crippen MR) is 81.2 cm³/mol. The van der Waals surface area contributed by atoms with Crippen molar-refractivity contribution in [2.45, 2.75) is 32.8 Å². The van der Waals surface area contributed by atoms with Crippen LogP contribution in [0.15, 0.2) is 34.8 Å². The molecular formula is C15H17BrOS. The molecule has 1 unspecified atom stereocenters. The molecule has 0 saturated carbocycles. The molecule has 96 valence electrons. The number of thiophene rings is 1. The van der Waals surface area contributed by atoms with Crippen LogP contribution < -0.4 is 0 Å². The number of benzene rings is 1. The van der Waals surface area contributed by atoms with Crippen LogP contribution in [0.1, 0.15) is 33.9 Å². The normalized spacial score (nSPS) is 12.7. The van der Waals surface area contributed by atoms with E-state index in [0.29, 0.717) is 6.42 Å². The number of halogens is 1. The third-order valence-corrected chi connectivity index (χ3v) is 5.15. The van der Waals surface area contributed by atoms with E-state index >= 15 is 0 Å². The summed E-state index contributed by atoms with van der Waals surface area (Å²) in [5, 5.41) is 10.3. The third kappa shape index (κ3) is 3.22. The largest absolute Gasteiger partial charge is 0.388 e. The van der Waals surface area contributed by atoms with Gasteiger partial charge in [0, 0.05) is 20.6 Å². The van der Waals surface area contributed by atoms with Gasteiger partial charge in [0.2, 0.25) is 0 Å². The summed E-state index contributed by atoms with van der Waals surface area (Å²) in [6, 6.07) is 10.3. The Hall–Kier alpha value is -0.640. The second kappa shape index (κ2) is 6.00. The van der Waals surface area contributed by atoms with Crippen molar-refractivity contribution in [3.8, 4) is 0 Å². The summed E-state index contributed by atoms with van der Waals surface area (Å²) in [6.45, 7) is 4.20. The summed E-state index contributed by atoms with van der Waals surface area (Å²) in [5.41, 5.74) is 2.16. The molecular weight excluding hydrogens is 308 g/mol. The monoisotopic (exact) mass is 324 g/mol. The summed E-state index contributed by atoms with van der Waals surface area (Å²) in [5.74, 6) is 0. The quantitative estimate of drug-likeness (QED) is 0.867. The molecule has 0 radical (unpaired) electrons. The lowest BCUT2D eigenvalue weighted by atomic mass is 10.0. The Labute approximate surface area is 121 Å². The van der Waals surface area contributed by atoms with Crippen LogP contribution in [-0.2, 0) is 12.8 Å². The maximum Gasteiger partial charge on any atom is 0.0838 e. The van der Waals surface area contributed by atoms with E-state index in [2.05, 4.69) is 35.0 Å². The summed E-state index contributed by atoms with van der Waals surface area (Å²) in [6.07, 6.45) is 1.34. The van der Waals surface area contributed by atoms with Crippen LogP contribution in [0, 0.1) is 6.92 Å². The van der Waals surface area contributed by atoms with Crippen molar-refractivity contribution in [3.63, 3.8) is 0 Å². The van der Waals surface area contributed by atoms with Crippen LogP contribution in [0.2, 0.25) is 0 Å². The lowest BCUT2D eigenvalue weighted by Gasteiger charge is -2.11. The van der Waals surface area contributed by atoms with Gasteiger partial charge in [0.1, 0.15) is 0 Å². The van der Waals surface area contributed by atoms with Gasteiger partial charge in [-0.05, 0) is 42.7 Å². The third-order valence-electron chi connectivity index (χ3n) is 3.04. The molecule has 1 nitrogen and oxygen atoms in total. The molecule has 0 amide bonds. The fourth-order valence-electron chi connectivity index (χ4n) is 1.85. The Morgan fingerprint density at radius 3 is 2.56 bits per heavy atom. The molecule has 0 aliphatic rings. The van der Waals surface area contributed by atoms with Crippen molar-refractivity contribution in [3.05, 3.63) is 55.7 Å². The van der Waals surface area contributed by atoms with Crippen LogP contribution in [-0.4, -0.2) is 5.11 Å². The Morgan fingerprint density at radius 2 is 1.94 bits per heavy atom. The van der Waals surface area contributed by atoms with Gasteiger partial charge in [0.15, 0.2) is 0 Å². The van der Waals surface area contributed by atoms with Gasteiger partial charge in [0.05, 0.1) is 6.10 Å². The highest BCUT2D eigenvalue weighted by Crippen LogP contribution is 2.27. The van der Waals surface area contributed by atoms with E-state index in [9.17, 15) is 5.11 Å². The van der Waals surface area contributed by atoms with Gasteiger partial charge in [-0.25, -0.2) is 0 Å². The first-order valence-electron chi connectivity index (χ1n) is 6.12. The predicted octanol–water partition coefficient (Wildman–Crippen LogP) is 4.66.